The molecule has 0 aliphatic rings. The molecule has 1 N–H and O–H groups in total. The lowest BCUT2D eigenvalue weighted by atomic mass is 10.3. The van der Waals surface area contributed by atoms with Gasteiger partial charge in [-0.05, 0) is 24.3 Å². The van der Waals surface area contributed by atoms with Crippen LogP contribution in [-0.2, 0) is 0 Å². The molecule has 7 nitrogen and oxygen atoms in total. The Hall–Kier alpha value is -2.71. The Kier molecular flexibility index (Phi) is 5.11. The summed E-state index contributed by atoms with van der Waals surface area (Å²) in [5.74, 6) is 0.322. The van der Waals surface area contributed by atoms with Crippen LogP contribution in [0.4, 0.5) is 10.6 Å². The number of carbonyl (C=O) groups is 1. The maximum absolute atomic E-state index is 12.0. The number of pyridine rings is 2. The predicted molar refractivity (Wildman–Crippen MR) is 101 cm³/mol. The van der Waals surface area contributed by atoms with Gasteiger partial charge < -0.3 is 5.32 Å². The quantitative estimate of drug-likeness (QED) is 0.417. The number of anilines is 1. The Balaban J connectivity index is 1.96. The topological polar surface area (TPSA) is 83.9 Å². The lowest BCUT2D eigenvalue weighted by molar-refractivity contribution is 0.251. The van der Waals surface area contributed by atoms with Crippen LogP contribution in [0.25, 0.3) is 22.6 Å². The second-order valence-electron chi connectivity index (χ2n) is 4.90. The molecule has 25 heavy (non-hydrogen) atoms. The fourth-order valence-electron chi connectivity index (χ4n) is 2.02. The number of aromatic nitrogens is 4. The average molecular weight is 373 g/mol. The molecule has 0 aromatic carbocycles. The molecule has 0 aliphatic heterocycles. The number of hydrogen-bond acceptors (Lipinski definition) is 6. The van der Waals surface area contributed by atoms with E-state index in [4.69, 9.17) is 11.6 Å². The molecule has 0 fully saturated rings. The first-order chi connectivity index (χ1) is 12.1. The van der Waals surface area contributed by atoms with E-state index in [9.17, 15) is 4.79 Å². The fourth-order valence-corrected chi connectivity index (χ4v) is 2.36. The van der Waals surface area contributed by atoms with Crippen molar-refractivity contribution >= 4 is 47.4 Å². The van der Waals surface area contributed by atoms with Gasteiger partial charge in [0.25, 0.3) is 0 Å². The summed E-state index contributed by atoms with van der Waals surface area (Å²) in [6, 6.07) is 8.16. The number of thiol groups is 1. The molecule has 2 amide bonds. The van der Waals surface area contributed by atoms with Gasteiger partial charge in [0.15, 0.2) is 5.65 Å². The summed E-state index contributed by atoms with van der Waals surface area (Å²) in [5, 5.41) is 2.98. The normalized spacial score (nSPS) is 10.5. The van der Waals surface area contributed by atoms with Crippen molar-refractivity contribution in [3.8, 4) is 11.4 Å². The summed E-state index contributed by atoms with van der Waals surface area (Å²) >= 11 is 10.1. The minimum atomic E-state index is -0.421. The smallest absolute Gasteiger partial charge is 0.333 e. The van der Waals surface area contributed by atoms with Crippen molar-refractivity contribution in [2.75, 3.05) is 10.8 Å². The van der Waals surface area contributed by atoms with Gasteiger partial charge in [0, 0.05) is 6.54 Å². The number of nitrogens with zero attached hydrogens (tertiary/aromatic N) is 5. The van der Waals surface area contributed by atoms with Crippen LogP contribution in [0.5, 0.6) is 0 Å². The molecular weight excluding hydrogens is 360 g/mol. The molecule has 0 radical (unpaired) electrons. The molecule has 9 heteroatoms. The second kappa shape index (κ2) is 7.45. The molecule has 0 atom stereocenters. The zero-order chi connectivity index (χ0) is 17.8. The van der Waals surface area contributed by atoms with E-state index in [2.05, 4.69) is 44.6 Å². The van der Waals surface area contributed by atoms with E-state index in [1.54, 1.807) is 42.6 Å². The van der Waals surface area contributed by atoms with Gasteiger partial charge in [0.05, 0.1) is 11.9 Å². The van der Waals surface area contributed by atoms with Crippen LogP contribution in [0.2, 0.25) is 5.15 Å². The Morgan fingerprint density at radius 2 is 2.08 bits per heavy atom. The molecule has 126 valence electrons. The van der Waals surface area contributed by atoms with Gasteiger partial charge in [0.2, 0.25) is 0 Å². The Morgan fingerprint density at radius 1 is 1.24 bits per heavy atom. The molecule has 0 bridgehead atoms. The summed E-state index contributed by atoms with van der Waals surface area (Å²) in [5.41, 5.74) is 2.07. The Morgan fingerprint density at radius 3 is 2.84 bits per heavy atom. The Bertz CT molecular complexity index is 951. The molecule has 3 aromatic rings. The lowest BCUT2D eigenvalue weighted by Crippen LogP contribution is -2.34. The number of halogens is 1. The van der Waals surface area contributed by atoms with E-state index in [-0.39, 0.29) is 0 Å². The van der Waals surface area contributed by atoms with Crippen molar-refractivity contribution in [2.45, 2.75) is 0 Å². The maximum atomic E-state index is 12.0. The monoisotopic (exact) mass is 372 g/mol. The highest BCUT2D eigenvalue weighted by molar-refractivity contribution is 7.82. The number of rotatable bonds is 4. The number of nitrogens with one attached hydrogen (secondary N) is 1. The molecule has 3 aromatic heterocycles. The third kappa shape index (κ3) is 3.86. The minimum Gasteiger partial charge on any atom is -0.333 e. The van der Waals surface area contributed by atoms with Crippen LogP contribution in [0.1, 0.15) is 0 Å². The first-order valence-corrected chi connectivity index (χ1v) is 8.01. The van der Waals surface area contributed by atoms with Gasteiger partial charge in [-0.15, -0.1) is 6.58 Å². The van der Waals surface area contributed by atoms with Gasteiger partial charge in [-0.3, -0.25) is 4.98 Å². The van der Waals surface area contributed by atoms with Crippen molar-refractivity contribution in [3.05, 3.63) is 54.3 Å². The number of urea groups is 1. The summed E-state index contributed by atoms with van der Waals surface area (Å²) in [7, 11) is 0. The van der Waals surface area contributed by atoms with Gasteiger partial charge in [-0.25, -0.2) is 24.1 Å². The number of carbonyl (C=O) groups excluding carboxylic acids is 1. The van der Waals surface area contributed by atoms with Crippen LogP contribution in [0.3, 0.4) is 0 Å². The van der Waals surface area contributed by atoms with Gasteiger partial charge >= 0.3 is 6.03 Å². The number of fused-ring (bicyclic) bond motifs is 1. The third-order valence-corrected chi connectivity index (χ3v) is 3.77. The minimum absolute atomic E-state index is 0.322. The van der Waals surface area contributed by atoms with E-state index >= 15 is 0 Å². The third-order valence-electron chi connectivity index (χ3n) is 3.18. The van der Waals surface area contributed by atoms with Crippen molar-refractivity contribution in [3.63, 3.8) is 0 Å². The zero-order valence-electron chi connectivity index (χ0n) is 12.9. The number of hydrogen-bond donors (Lipinski definition) is 2. The number of amides is 2. The van der Waals surface area contributed by atoms with E-state index in [1.807, 2.05) is 0 Å². The molecule has 3 heterocycles. The molecule has 0 aliphatic carbocycles. The van der Waals surface area contributed by atoms with Crippen molar-refractivity contribution in [1.29, 1.82) is 0 Å². The van der Waals surface area contributed by atoms with Gasteiger partial charge in [-0.1, -0.05) is 36.6 Å². The molecule has 3 rings (SSSR count). The van der Waals surface area contributed by atoms with E-state index in [1.165, 1.54) is 0 Å². The maximum Gasteiger partial charge on any atom is 0.333 e. The van der Waals surface area contributed by atoms with Crippen molar-refractivity contribution < 1.29 is 4.79 Å². The average Bonchev–Trinajstić information content (AvgIpc) is 2.64. The molecule has 0 spiro atoms. The summed E-state index contributed by atoms with van der Waals surface area (Å²) < 4.78 is 1.09. The fraction of sp³-hybridized carbons (Fsp3) is 0.0625. The SMILES string of the molecule is C=CCNC(=O)N(S)c1ccc2ncc(-c3cccc(Cl)n3)nc2n1. The summed E-state index contributed by atoms with van der Waals surface area (Å²) in [6.45, 7) is 3.87. The van der Waals surface area contributed by atoms with Gasteiger partial charge in [-0.2, -0.15) is 0 Å². The standard InChI is InChI=1S/C16H13ClN6OS/c1-2-8-18-16(24)23(25)14-7-6-11-15(22-14)21-12(9-19-11)10-4-3-5-13(17)20-10/h2-7,9,25H,1,8H2,(H,18,24). The highest BCUT2D eigenvalue weighted by atomic mass is 35.5. The lowest BCUT2D eigenvalue weighted by Gasteiger charge is -2.15. The van der Waals surface area contributed by atoms with Crippen molar-refractivity contribution in [1.82, 2.24) is 25.3 Å². The first-order valence-electron chi connectivity index (χ1n) is 7.23. The van der Waals surface area contributed by atoms with E-state index in [0.717, 1.165) is 4.31 Å². The summed E-state index contributed by atoms with van der Waals surface area (Å²) in [6.07, 6.45) is 3.17. The highest BCUT2D eigenvalue weighted by Crippen LogP contribution is 2.21. The predicted octanol–water partition coefficient (Wildman–Crippen LogP) is 3.29. The second-order valence-corrected chi connectivity index (χ2v) is 5.69. The van der Waals surface area contributed by atoms with E-state index < -0.39 is 6.03 Å². The van der Waals surface area contributed by atoms with Crippen LogP contribution in [0, 0.1) is 0 Å². The molecular formula is C16H13ClN6OS. The largest absolute Gasteiger partial charge is 0.333 e. The molecule has 0 saturated heterocycles. The Labute approximate surface area is 154 Å². The summed E-state index contributed by atoms with van der Waals surface area (Å²) in [4.78, 5) is 29.3. The highest BCUT2D eigenvalue weighted by Gasteiger charge is 2.14. The van der Waals surface area contributed by atoms with Crippen molar-refractivity contribution in [2.24, 2.45) is 0 Å². The van der Waals surface area contributed by atoms with Crippen LogP contribution in [-0.4, -0.2) is 32.5 Å². The zero-order valence-corrected chi connectivity index (χ0v) is 14.6. The van der Waals surface area contributed by atoms with Crippen LogP contribution in [0.15, 0.2) is 49.2 Å². The molecule has 0 unspecified atom stereocenters. The first kappa shape index (κ1) is 17.1. The van der Waals surface area contributed by atoms with Gasteiger partial charge in [0.1, 0.15) is 22.2 Å². The van der Waals surface area contributed by atoms with Crippen LogP contribution < -0.4 is 9.62 Å². The molecule has 0 saturated carbocycles. The van der Waals surface area contributed by atoms with E-state index in [0.29, 0.717) is 40.1 Å². The van der Waals surface area contributed by atoms with Crippen LogP contribution >= 0.6 is 24.4 Å².